The molecule has 11 heteroatoms. The Bertz CT molecular complexity index is 1340. The van der Waals surface area contributed by atoms with E-state index in [0.29, 0.717) is 16.4 Å². The molecular weight excluding hydrogens is 405 g/mol. The van der Waals surface area contributed by atoms with Gasteiger partial charge in [-0.2, -0.15) is 0 Å². The van der Waals surface area contributed by atoms with Crippen molar-refractivity contribution in [2.24, 2.45) is 7.05 Å². The topological polar surface area (TPSA) is 72.7 Å². The SMILES string of the molecule is Bc1c(B)c(B)c(C(=O)Nc2cc3cc(-c4cnc(C)n4C)ncc3cn2)c(Cl)c1B. The first-order valence-corrected chi connectivity index (χ1v) is 10.4. The van der Waals surface area contributed by atoms with E-state index >= 15 is 0 Å². The van der Waals surface area contributed by atoms with Crippen LogP contribution >= 0.6 is 11.6 Å². The van der Waals surface area contributed by atoms with Gasteiger partial charge >= 0.3 is 0 Å². The highest BCUT2D eigenvalue weighted by Gasteiger charge is 2.19. The molecule has 0 saturated carbocycles. The van der Waals surface area contributed by atoms with Gasteiger partial charge in [-0.15, -0.1) is 10.9 Å². The molecular formula is C20H20B4ClN5O. The van der Waals surface area contributed by atoms with Crippen molar-refractivity contribution in [2.45, 2.75) is 6.92 Å². The molecule has 4 rings (SSSR count). The number of halogens is 1. The zero-order valence-corrected chi connectivity index (χ0v) is 19.2. The number of carbonyl (C=O) groups excluding carboxylic acids is 1. The van der Waals surface area contributed by atoms with E-state index in [0.717, 1.165) is 49.8 Å². The first-order valence-electron chi connectivity index (χ1n) is 10.0. The van der Waals surface area contributed by atoms with Gasteiger partial charge in [-0.3, -0.25) is 9.78 Å². The third kappa shape index (κ3) is 3.65. The van der Waals surface area contributed by atoms with Crippen LogP contribution in [0.25, 0.3) is 22.2 Å². The van der Waals surface area contributed by atoms with E-state index in [9.17, 15) is 4.79 Å². The maximum Gasteiger partial charge on any atom is 0.257 e. The number of benzene rings is 1. The van der Waals surface area contributed by atoms with Gasteiger partial charge in [-0.1, -0.05) is 22.5 Å². The molecule has 1 aromatic carbocycles. The standard InChI is InChI=1S/C20H20B4ClN5O/c1-8-26-7-12(30(8)2)11-3-9-4-13(28-6-10(9)5-27-11)29-20(31)14-15(21)16(22)17(23)18(24)19(14)25/h3-7H,21-24H2,1-2H3,(H,28,29,31). The fraction of sp³-hybridized carbons (Fsp3) is 0.100. The second kappa shape index (κ2) is 7.93. The molecule has 0 fully saturated rings. The molecule has 150 valence electrons. The van der Waals surface area contributed by atoms with Crippen LogP contribution in [0, 0.1) is 6.92 Å². The molecule has 1 N–H and O–H groups in total. The number of rotatable bonds is 3. The molecule has 0 unspecified atom stereocenters. The van der Waals surface area contributed by atoms with E-state index in [2.05, 4.69) is 20.3 Å². The number of aryl methyl sites for hydroxylation is 1. The van der Waals surface area contributed by atoms with Crippen LogP contribution in [-0.2, 0) is 7.05 Å². The second-order valence-electron chi connectivity index (χ2n) is 7.88. The van der Waals surface area contributed by atoms with Crippen molar-refractivity contribution >= 4 is 87.3 Å². The molecule has 6 nitrogen and oxygen atoms in total. The lowest BCUT2D eigenvalue weighted by Crippen LogP contribution is -2.50. The fourth-order valence-electron chi connectivity index (χ4n) is 3.70. The quantitative estimate of drug-likeness (QED) is 0.363. The molecule has 3 aromatic heterocycles. The van der Waals surface area contributed by atoms with Crippen LogP contribution in [0.4, 0.5) is 5.82 Å². The largest absolute Gasteiger partial charge is 0.330 e. The Morgan fingerprint density at radius 2 is 1.61 bits per heavy atom. The van der Waals surface area contributed by atoms with Gasteiger partial charge in [-0.05, 0) is 24.4 Å². The van der Waals surface area contributed by atoms with E-state index in [1.165, 1.54) is 0 Å². The van der Waals surface area contributed by atoms with Crippen molar-refractivity contribution in [3.63, 3.8) is 0 Å². The molecule has 4 aromatic rings. The maximum absolute atomic E-state index is 13.1. The normalized spacial score (nSPS) is 11.1. The third-order valence-corrected chi connectivity index (χ3v) is 6.64. The van der Waals surface area contributed by atoms with Crippen LogP contribution < -0.4 is 27.2 Å². The van der Waals surface area contributed by atoms with Gasteiger partial charge < -0.3 is 9.88 Å². The van der Waals surface area contributed by atoms with Crippen LogP contribution in [0.1, 0.15) is 16.2 Å². The third-order valence-electron chi connectivity index (χ3n) is 6.17. The predicted octanol–water partition coefficient (Wildman–Crippen LogP) is -2.72. The summed E-state index contributed by atoms with van der Waals surface area (Å²) in [4.78, 5) is 26.3. The summed E-state index contributed by atoms with van der Waals surface area (Å²) in [6.07, 6.45) is 5.29. The van der Waals surface area contributed by atoms with E-state index in [1.807, 2.05) is 62.1 Å². The highest BCUT2D eigenvalue weighted by Crippen LogP contribution is 2.24. The van der Waals surface area contributed by atoms with Crippen LogP contribution in [-0.4, -0.2) is 56.8 Å². The maximum atomic E-state index is 13.1. The summed E-state index contributed by atoms with van der Waals surface area (Å²) in [6.45, 7) is 1.95. The number of fused-ring (bicyclic) bond motifs is 1. The Balaban J connectivity index is 1.71. The van der Waals surface area contributed by atoms with Crippen molar-refractivity contribution in [3.8, 4) is 11.4 Å². The number of imidazole rings is 1. The Hall–Kier alpha value is -2.99. The Morgan fingerprint density at radius 3 is 2.29 bits per heavy atom. The van der Waals surface area contributed by atoms with Gasteiger partial charge in [0.15, 0.2) is 0 Å². The van der Waals surface area contributed by atoms with E-state index in [4.69, 9.17) is 11.6 Å². The van der Waals surface area contributed by atoms with Crippen molar-refractivity contribution in [2.75, 3.05) is 5.32 Å². The Kier molecular flexibility index (Phi) is 5.43. The summed E-state index contributed by atoms with van der Waals surface area (Å²) in [5, 5.41) is 5.20. The summed E-state index contributed by atoms with van der Waals surface area (Å²) in [5.41, 5.74) is 6.20. The summed E-state index contributed by atoms with van der Waals surface area (Å²) < 4.78 is 1.99. The molecule has 0 aliphatic rings. The number of amides is 1. The number of nitrogens with zero attached hydrogens (tertiary/aromatic N) is 4. The van der Waals surface area contributed by atoms with Gasteiger partial charge in [-0.25, -0.2) is 9.97 Å². The average molecular weight is 425 g/mol. The number of aromatic nitrogens is 4. The molecule has 1 amide bonds. The van der Waals surface area contributed by atoms with Crippen LogP contribution in [0.15, 0.2) is 30.7 Å². The van der Waals surface area contributed by atoms with Crippen molar-refractivity contribution in [1.29, 1.82) is 0 Å². The molecule has 31 heavy (non-hydrogen) atoms. The van der Waals surface area contributed by atoms with Crippen LogP contribution in [0.3, 0.4) is 0 Å². The number of nitrogens with one attached hydrogen (secondary N) is 1. The lowest BCUT2D eigenvalue weighted by atomic mass is 9.65. The predicted molar refractivity (Wildman–Crippen MR) is 139 cm³/mol. The van der Waals surface area contributed by atoms with Crippen molar-refractivity contribution in [3.05, 3.63) is 47.1 Å². The summed E-state index contributed by atoms with van der Waals surface area (Å²) in [5.74, 6) is 1.11. The second-order valence-corrected chi connectivity index (χ2v) is 8.26. The number of pyridine rings is 2. The number of hydrogen-bond acceptors (Lipinski definition) is 4. The molecule has 3 heterocycles. The minimum absolute atomic E-state index is 0.267. The van der Waals surface area contributed by atoms with E-state index in [-0.39, 0.29) is 5.91 Å². The summed E-state index contributed by atoms with van der Waals surface area (Å²) in [7, 11) is 9.84. The fourth-order valence-corrected chi connectivity index (χ4v) is 4.07. The number of hydrogen-bond donors (Lipinski definition) is 1. The van der Waals surface area contributed by atoms with Crippen LogP contribution in [0.5, 0.6) is 0 Å². The van der Waals surface area contributed by atoms with Crippen molar-refractivity contribution in [1.82, 2.24) is 19.5 Å². The highest BCUT2D eigenvalue weighted by atomic mass is 35.5. The summed E-state index contributed by atoms with van der Waals surface area (Å²) in [6, 6.07) is 3.82. The van der Waals surface area contributed by atoms with Crippen LogP contribution in [0.2, 0.25) is 5.02 Å². The molecule has 0 atom stereocenters. The smallest absolute Gasteiger partial charge is 0.257 e. The van der Waals surface area contributed by atoms with Gasteiger partial charge in [0.25, 0.3) is 5.91 Å². The monoisotopic (exact) mass is 425 g/mol. The average Bonchev–Trinajstić information content (AvgIpc) is 3.09. The Morgan fingerprint density at radius 1 is 0.935 bits per heavy atom. The minimum Gasteiger partial charge on any atom is -0.330 e. The first kappa shape index (κ1) is 21.2. The zero-order chi connectivity index (χ0) is 22.4. The lowest BCUT2D eigenvalue weighted by molar-refractivity contribution is 0.102. The van der Waals surface area contributed by atoms with Gasteiger partial charge in [0.1, 0.15) is 43.0 Å². The first-order chi connectivity index (χ1) is 14.7. The Labute approximate surface area is 189 Å². The molecule has 0 aliphatic carbocycles. The van der Waals surface area contributed by atoms with Gasteiger partial charge in [0, 0.05) is 29.9 Å². The van der Waals surface area contributed by atoms with E-state index < -0.39 is 0 Å². The molecule has 0 spiro atoms. The highest BCUT2D eigenvalue weighted by molar-refractivity contribution is 6.66. The van der Waals surface area contributed by atoms with Gasteiger partial charge in [0.05, 0.1) is 23.1 Å². The van der Waals surface area contributed by atoms with E-state index in [1.54, 1.807) is 18.6 Å². The number of anilines is 1. The molecule has 0 saturated heterocycles. The minimum atomic E-state index is -0.267. The van der Waals surface area contributed by atoms with Crippen molar-refractivity contribution < 1.29 is 4.79 Å². The molecule has 0 bridgehead atoms. The van der Waals surface area contributed by atoms with Gasteiger partial charge in [0.2, 0.25) is 0 Å². The molecule has 0 radical (unpaired) electrons. The lowest BCUT2D eigenvalue weighted by Gasteiger charge is -2.17. The summed E-state index contributed by atoms with van der Waals surface area (Å²) >= 11 is 6.54. The zero-order valence-electron chi connectivity index (χ0n) is 18.5. The molecule has 0 aliphatic heterocycles. The number of carbonyl (C=O) groups is 1.